The number of methoxy groups -OCH3 is 1. The van der Waals surface area contributed by atoms with Crippen molar-refractivity contribution in [1.29, 1.82) is 0 Å². The fourth-order valence-corrected chi connectivity index (χ4v) is 3.90. The first kappa shape index (κ1) is 27.5. The maximum absolute atomic E-state index is 12.3. The lowest BCUT2D eigenvalue weighted by Gasteiger charge is -2.25. The second kappa shape index (κ2) is 14.5. The molecule has 7 nitrogen and oxygen atoms in total. The average molecular weight is 546 g/mol. The number of hydrogen-bond donors (Lipinski definition) is 2. The quantitative estimate of drug-likeness (QED) is 0.205. The van der Waals surface area contributed by atoms with Gasteiger partial charge in [-0.2, -0.15) is 0 Å². The summed E-state index contributed by atoms with van der Waals surface area (Å²) in [5, 5.41) is 6.73. The lowest BCUT2D eigenvalue weighted by molar-refractivity contribution is -0.133. The Morgan fingerprint density at radius 1 is 1.32 bits per heavy atom. The summed E-state index contributed by atoms with van der Waals surface area (Å²) in [4.78, 5) is 21.0. The number of rotatable bonds is 10. The SMILES string of the molecule is CCNC(=NCCCN1CCCC1C(=O)N(C)C)NCCc1cc(C)ccc1OC.I. The van der Waals surface area contributed by atoms with Crippen molar-refractivity contribution in [3.63, 3.8) is 0 Å². The highest BCUT2D eigenvalue weighted by Gasteiger charge is 2.30. The van der Waals surface area contributed by atoms with Crippen molar-refractivity contribution in [1.82, 2.24) is 20.4 Å². The van der Waals surface area contributed by atoms with Crippen molar-refractivity contribution in [2.24, 2.45) is 4.99 Å². The van der Waals surface area contributed by atoms with E-state index in [0.29, 0.717) is 0 Å². The van der Waals surface area contributed by atoms with Gasteiger partial charge in [0.2, 0.25) is 5.91 Å². The van der Waals surface area contributed by atoms with E-state index in [1.807, 2.05) is 20.2 Å². The number of carbonyl (C=O) groups is 1. The minimum absolute atomic E-state index is 0. The first-order valence-corrected chi connectivity index (χ1v) is 11.1. The number of nitrogens with one attached hydrogen (secondary N) is 2. The number of likely N-dealkylation sites (tertiary alicyclic amines) is 1. The van der Waals surface area contributed by atoms with Crippen LogP contribution in [0.1, 0.15) is 37.3 Å². The van der Waals surface area contributed by atoms with Gasteiger partial charge in [0.25, 0.3) is 0 Å². The number of guanidine groups is 1. The minimum atomic E-state index is 0. The average Bonchev–Trinajstić information content (AvgIpc) is 3.19. The molecule has 1 aliphatic heterocycles. The van der Waals surface area contributed by atoms with Gasteiger partial charge >= 0.3 is 0 Å². The molecular formula is C23H40IN5O2. The van der Waals surface area contributed by atoms with E-state index in [0.717, 1.165) is 70.1 Å². The molecule has 1 atom stereocenters. The van der Waals surface area contributed by atoms with Gasteiger partial charge < -0.3 is 20.3 Å². The van der Waals surface area contributed by atoms with Gasteiger partial charge in [-0.1, -0.05) is 17.7 Å². The molecule has 0 aliphatic carbocycles. The number of benzene rings is 1. The molecule has 0 radical (unpaired) electrons. The van der Waals surface area contributed by atoms with Gasteiger partial charge in [-0.15, -0.1) is 24.0 Å². The topological polar surface area (TPSA) is 69.2 Å². The Hall–Kier alpha value is -1.55. The molecule has 0 saturated carbocycles. The van der Waals surface area contributed by atoms with Crippen LogP contribution in [0.15, 0.2) is 23.2 Å². The summed E-state index contributed by atoms with van der Waals surface area (Å²) in [6, 6.07) is 6.31. The Morgan fingerprint density at radius 2 is 2.10 bits per heavy atom. The van der Waals surface area contributed by atoms with Crippen molar-refractivity contribution < 1.29 is 9.53 Å². The highest BCUT2D eigenvalue weighted by Crippen LogP contribution is 2.20. The van der Waals surface area contributed by atoms with Crippen LogP contribution in [-0.2, 0) is 11.2 Å². The molecular weight excluding hydrogens is 505 g/mol. The van der Waals surface area contributed by atoms with Crippen molar-refractivity contribution in [3.05, 3.63) is 29.3 Å². The molecule has 31 heavy (non-hydrogen) atoms. The van der Waals surface area contributed by atoms with Crippen LogP contribution < -0.4 is 15.4 Å². The van der Waals surface area contributed by atoms with Crippen LogP contribution in [0.3, 0.4) is 0 Å². The molecule has 0 spiro atoms. The predicted molar refractivity (Wildman–Crippen MR) is 139 cm³/mol. The Morgan fingerprint density at radius 3 is 2.77 bits per heavy atom. The number of amides is 1. The number of nitrogens with zero attached hydrogens (tertiary/aromatic N) is 3. The molecule has 1 aromatic rings. The van der Waals surface area contributed by atoms with E-state index in [9.17, 15) is 4.79 Å². The maximum atomic E-state index is 12.3. The molecule has 1 aromatic carbocycles. The van der Waals surface area contributed by atoms with E-state index in [4.69, 9.17) is 9.73 Å². The van der Waals surface area contributed by atoms with Crippen LogP contribution in [0.4, 0.5) is 0 Å². The number of carbonyl (C=O) groups excluding carboxylic acids is 1. The molecule has 1 aliphatic rings. The van der Waals surface area contributed by atoms with E-state index in [1.165, 1.54) is 11.1 Å². The van der Waals surface area contributed by atoms with Gasteiger partial charge in [0.1, 0.15) is 5.75 Å². The fourth-order valence-electron chi connectivity index (χ4n) is 3.90. The lowest BCUT2D eigenvalue weighted by Crippen LogP contribution is -2.43. The summed E-state index contributed by atoms with van der Waals surface area (Å²) in [5.74, 6) is 1.99. The molecule has 8 heteroatoms. The standard InChI is InChI=1S/C23H39N5O2.HI/c1-6-24-23(26-14-12-19-17-18(2)10-11-21(19)30-5)25-13-8-16-28-15-7-9-20(28)22(29)27(3)4;/h10-11,17,20H,6-9,12-16H2,1-5H3,(H2,24,25,26);1H. The van der Waals surface area contributed by atoms with Crippen LogP contribution in [0.25, 0.3) is 0 Å². The number of likely N-dealkylation sites (N-methyl/N-ethyl adjacent to an activating group) is 1. The summed E-state index contributed by atoms with van der Waals surface area (Å²) in [7, 11) is 5.39. The maximum Gasteiger partial charge on any atom is 0.239 e. The van der Waals surface area contributed by atoms with Gasteiger partial charge in [-0.25, -0.2) is 0 Å². The summed E-state index contributed by atoms with van der Waals surface area (Å²) in [6.07, 6.45) is 3.88. The summed E-state index contributed by atoms with van der Waals surface area (Å²) < 4.78 is 5.47. The van der Waals surface area contributed by atoms with Crippen LogP contribution >= 0.6 is 24.0 Å². The largest absolute Gasteiger partial charge is 0.496 e. The Kier molecular flexibility index (Phi) is 12.9. The van der Waals surface area contributed by atoms with Crippen LogP contribution in [0.5, 0.6) is 5.75 Å². The van der Waals surface area contributed by atoms with E-state index < -0.39 is 0 Å². The molecule has 1 unspecified atom stereocenters. The first-order chi connectivity index (χ1) is 14.5. The Labute approximate surface area is 205 Å². The molecule has 1 amide bonds. The highest BCUT2D eigenvalue weighted by atomic mass is 127. The van der Waals surface area contributed by atoms with Gasteiger partial charge in [0.05, 0.1) is 13.2 Å². The number of hydrogen-bond acceptors (Lipinski definition) is 4. The molecule has 2 N–H and O–H groups in total. The highest BCUT2D eigenvalue weighted by molar-refractivity contribution is 14.0. The Balaban J connectivity index is 0.00000480. The van der Waals surface area contributed by atoms with Gasteiger partial charge in [-0.3, -0.25) is 14.7 Å². The normalized spacial score (nSPS) is 16.5. The predicted octanol–water partition coefficient (Wildman–Crippen LogP) is 2.66. The Bertz CT molecular complexity index is 711. The van der Waals surface area contributed by atoms with Crippen molar-refractivity contribution in [3.8, 4) is 5.75 Å². The number of ether oxygens (including phenoxy) is 1. The zero-order valence-electron chi connectivity index (χ0n) is 19.7. The molecule has 1 saturated heterocycles. The number of aryl methyl sites for hydroxylation is 1. The zero-order chi connectivity index (χ0) is 21.9. The minimum Gasteiger partial charge on any atom is -0.496 e. The van der Waals surface area contributed by atoms with E-state index in [2.05, 4.69) is 41.5 Å². The van der Waals surface area contributed by atoms with Crippen LogP contribution in [0, 0.1) is 6.92 Å². The smallest absolute Gasteiger partial charge is 0.239 e. The molecule has 0 aromatic heterocycles. The van der Waals surface area contributed by atoms with Crippen molar-refractivity contribution in [2.45, 2.75) is 45.6 Å². The molecule has 2 rings (SSSR count). The van der Waals surface area contributed by atoms with E-state index >= 15 is 0 Å². The molecule has 1 heterocycles. The first-order valence-electron chi connectivity index (χ1n) is 11.1. The zero-order valence-corrected chi connectivity index (χ0v) is 22.1. The second-order valence-corrected chi connectivity index (χ2v) is 8.03. The number of aliphatic imine (C=N–C) groups is 1. The number of halogens is 1. The summed E-state index contributed by atoms with van der Waals surface area (Å²) in [6.45, 7) is 8.43. The third kappa shape index (κ3) is 8.84. The van der Waals surface area contributed by atoms with Gasteiger partial charge in [0.15, 0.2) is 5.96 Å². The third-order valence-corrected chi connectivity index (χ3v) is 5.43. The fraction of sp³-hybridized carbons (Fsp3) is 0.652. The van der Waals surface area contributed by atoms with Crippen LogP contribution in [-0.4, -0.2) is 81.6 Å². The second-order valence-electron chi connectivity index (χ2n) is 8.03. The lowest BCUT2D eigenvalue weighted by atomic mass is 10.1. The van der Waals surface area contributed by atoms with Crippen LogP contribution in [0.2, 0.25) is 0 Å². The molecule has 1 fully saturated rings. The van der Waals surface area contributed by atoms with E-state index in [1.54, 1.807) is 12.0 Å². The van der Waals surface area contributed by atoms with Gasteiger partial charge in [-0.05, 0) is 57.7 Å². The van der Waals surface area contributed by atoms with Crippen molar-refractivity contribution >= 4 is 35.8 Å². The monoisotopic (exact) mass is 545 g/mol. The molecule has 176 valence electrons. The molecule has 0 bridgehead atoms. The van der Waals surface area contributed by atoms with E-state index in [-0.39, 0.29) is 35.9 Å². The van der Waals surface area contributed by atoms with Gasteiger partial charge in [0, 0.05) is 40.3 Å². The third-order valence-electron chi connectivity index (χ3n) is 5.43. The van der Waals surface area contributed by atoms with Crippen molar-refractivity contribution in [2.75, 3.05) is 53.9 Å². The summed E-state index contributed by atoms with van der Waals surface area (Å²) >= 11 is 0. The summed E-state index contributed by atoms with van der Waals surface area (Å²) in [5.41, 5.74) is 2.44.